The van der Waals surface area contributed by atoms with Crippen LogP contribution in [-0.2, 0) is 4.79 Å². The number of nitrogens with one attached hydrogen (secondary N) is 2. The molecule has 5 rings (SSSR count). The summed E-state index contributed by atoms with van der Waals surface area (Å²) < 4.78 is 0. The first-order valence-electron chi connectivity index (χ1n) is 11.5. The van der Waals surface area contributed by atoms with Crippen LogP contribution in [0.5, 0.6) is 0 Å². The standard InChI is InChI=1S/C29H27N3O2/c1-4-17-30-28(33)19(3)32-27(21-9-5-6-10-22(21)29(32)34)25-23-11-7-8-12-24(23)31-26(25)20-15-13-18(2)14-16-20/h4-16,19,27,31H,1,17H2,2-3H3,(H,30,33)/t19-,27+/m0/s1. The quantitative estimate of drug-likeness (QED) is 0.388. The van der Waals surface area contributed by atoms with Gasteiger partial charge in [0.25, 0.3) is 5.91 Å². The molecular formula is C29H27N3O2. The number of aryl methyl sites for hydroxylation is 1. The number of hydrogen-bond acceptors (Lipinski definition) is 2. The maximum atomic E-state index is 13.7. The Labute approximate surface area is 199 Å². The van der Waals surface area contributed by atoms with Crippen molar-refractivity contribution < 1.29 is 9.59 Å². The van der Waals surface area contributed by atoms with Crippen LogP contribution in [0.3, 0.4) is 0 Å². The summed E-state index contributed by atoms with van der Waals surface area (Å²) in [6, 6.07) is 23.1. The van der Waals surface area contributed by atoms with Gasteiger partial charge >= 0.3 is 0 Å². The third-order valence-electron chi connectivity index (χ3n) is 6.58. The molecule has 1 aliphatic heterocycles. The first-order valence-corrected chi connectivity index (χ1v) is 11.5. The number of aromatic amines is 1. The highest BCUT2D eigenvalue weighted by molar-refractivity contribution is 6.04. The van der Waals surface area contributed by atoms with E-state index in [1.165, 1.54) is 5.56 Å². The van der Waals surface area contributed by atoms with Crippen LogP contribution in [0, 0.1) is 6.92 Å². The molecule has 0 unspecified atom stereocenters. The molecule has 0 fully saturated rings. The van der Waals surface area contributed by atoms with Gasteiger partial charge in [-0.1, -0.05) is 72.3 Å². The van der Waals surface area contributed by atoms with Crippen LogP contribution < -0.4 is 5.32 Å². The van der Waals surface area contributed by atoms with E-state index in [1.807, 2.05) is 42.5 Å². The molecule has 2 atom stereocenters. The first-order chi connectivity index (χ1) is 16.5. The van der Waals surface area contributed by atoms with E-state index in [2.05, 4.69) is 54.1 Å². The van der Waals surface area contributed by atoms with Crippen LogP contribution in [0.1, 0.15) is 40.0 Å². The molecule has 3 aromatic carbocycles. The summed E-state index contributed by atoms with van der Waals surface area (Å²) in [7, 11) is 0. The number of amides is 2. The van der Waals surface area contributed by atoms with Crippen LogP contribution in [0.4, 0.5) is 0 Å². The van der Waals surface area contributed by atoms with Gasteiger partial charge in [-0.25, -0.2) is 0 Å². The summed E-state index contributed by atoms with van der Waals surface area (Å²) in [5.41, 5.74) is 6.72. The fourth-order valence-corrected chi connectivity index (χ4v) is 4.87. The molecule has 170 valence electrons. The molecule has 1 aromatic heterocycles. The Morgan fingerprint density at radius 2 is 1.79 bits per heavy atom. The molecule has 0 saturated carbocycles. The fraction of sp³-hybridized carbons (Fsp3) is 0.172. The van der Waals surface area contributed by atoms with E-state index in [1.54, 1.807) is 17.9 Å². The summed E-state index contributed by atoms with van der Waals surface area (Å²) in [5, 5.41) is 3.89. The number of H-pyrrole nitrogens is 1. The monoisotopic (exact) mass is 449 g/mol. The van der Waals surface area contributed by atoms with Crippen molar-refractivity contribution in [2.75, 3.05) is 6.54 Å². The highest BCUT2D eigenvalue weighted by Gasteiger charge is 2.44. The van der Waals surface area contributed by atoms with E-state index >= 15 is 0 Å². The normalized spacial score (nSPS) is 15.9. The number of hydrogen-bond donors (Lipinski definition) is 2. The Kier molecular flexibility index (Phi) is 5.54. The van der Waals surface area contributed by atoms with E-state index in [-0.39, 0.29) is 11.8 Å². The highest BCUT2D eigenvalue weighted by Crippen LogP contribution is 2.46. The molecule has 1 aliphatic rings. The number of nitrogens with zero attached hydrogens (tertiary/aromatic N) is 1. The van der Waals surface area contributed by atoms with Crippen molar-refractivity contribution in [3.63, 3.8) is 0 Å². The summed E-state index contributed by atoms with van der Waals surface area (Å²) in [4.78, 5) is 32.0. The molecule has 5 heteroatoms. The molecular weight excluding hydrogens is 422 g/mol. The fourth-order valence-electron chi connectivity index (χ4n) is 4.87. The second kappa shape index (κ2) is 8.67. The predicted molar refractivity (Wildman–Crippen MR) is 136 cm³/mol. The van der Waals surface area contributed by atoms with E-state index in [9.17, 15) is 9.59 Å². The van der Waals surface area contributed by atoms with Crippen LogP contribution in [-0.4, -0.2) is 34.3 Å². The van der Waals surface area contributed by atoms with E-state index in [0.717, 1.165) is 33.3 Å². The van der Waals surface area contributed by atoms with E-state index < -0.39 is 12.1 Å². The maximum absolute atomic E-state index is 13.7. The summed E-state index contributed by atoms with van der Waals surface area (Å²) >= 11 is 0. The smallest absolute Gasteiger partial charge is 0.255 e. The summed E-state index contributed by atoms with van der Waals surface area (Å²) in [5.74, 6) is -0.343. The van der Waals surface area contributed by atoms with Gasteiger partial charge in [-0.15, -0.1) is 6.58 Å². The van der Waals surface area contributed by atoms with E-state index in [4.69, 9.17) is 0 Å². The molecule has 2 heterocycles. The molecule has 0 spiro atoms. The average Bonchev–Trinajstić information content (AvgIpc) is 3.37. The Hall–Kier alpha value is -4.12. The van der Waals surface area contributed by atoms with Crippen LogP contribution >= 0.6 is 0 Å². The van der Waals surface area contributed by atoms with Crippen LogP contribution in [0.25, 0.3) is 22.2 Å². The highest BCUT2D eigenvalue weighted by atomic mass is 16.2. The van der Waals surface area contributed by atoms with Crippen molar-refractivity contribution in [1.29, 1.82) is 0 Å². The number of para-hydroxylation sites is 1. The number of carbonyl (C=O) groups excluding carboxylic acids is 2. The minimum atomic E-state index is -0.663. The number of fused-ring (bicyclic) bond motifs is 2. The van der Waals surface area contributed by atoms with Gasteiger partial charge in [0, 0.05) is 28.6 Å². The van der Waals surface area contributed by atoms with Crippen molar-refractivity contribution in [1.82, 2.24) is 15.2 Å². The van der Waals surface area contributed by atoms with Crippen molar-refractivity contribution in [2.45, 2.75) is 25.9 Å². The van der Waals surface area contributed by atoms with Gasteiger partial charge in [0.1, 0.15) is 6.04 Å². The molecule has 2 N–H and O–H groups in total. The van der Waals surface area contributed by atoms with Gasteiger partial charge in [-0.3, -0.25) is 9.59 Å². The van der Waals surface area contributed by atoms with Gasteiger partial charge in [-0.05, 0) is 37.1 Å². The molecule has 2 amide bonds. The molecule has 0 radical (unpaired) electrons. The molecule has 0 aliphatic carbocycles. The SMILES string of the molecule is C=CCNC(=O)[C@H](C)N1C(=O)c2ccccc2[C@@H]1c1c(-c2ccc(C)cc2)[nH]c2ccccc12. The molecule has 4 aromatic rings. The lowest BCUT2D eigenvalue weighted by molar-refractivity contribution is -0.125. The zero-order chi connectivity index (χ0) is 23.8. The molecule has 0 bridgehead atoms. The van der Waals surface area contributed by atoms with Gasteiger partial charge in [0.05, 0.1) is 11.7 Å². The summed E-state index contributed by atoms with van der Waals surface area (Å²) in [6.45, 7) is 7.88. The Balaban J connectivity index is 1.74. The largest absolute Gasteiger partial charge is 0.354 e. The Bertz CT molecular complexity index is 1400. The lowest BCUT2D eigenvalue weighted by Gasteiger charge is -2.31. The van der Waals surface area contributed by atoms with Crippen molar-refractivity contribution in [2.24, 2.45) is 0 Å². The van der Waals surface area contributed by atoms with Gasteiger partial charge in [0.2, 0.25) is 5.91 Å². The van der Waals surface area contributed by atoms with Gasteiger partial charge in [-0.2, -0.15) is 0 Å². The maximum Gasteiger partial charge on any atom is 0.255 e. The third-order valence-corrected chi connectivity index (χ3v) is 6.58. The lowest BCUT2D eigenvalue weighted by atomic mass is 9.92. The molecule has 5 nitrogen and oxygen atoms in total. The number of rotatable bonds is 6. The van der Waals surface area contributed by atoms with E-state index in [0.29, 0.717) is 12.1 Å². The van der Waals surface area contributed by atoms with Crippen LogP contribution in [0.15, 0.2) is 85.5 Å². The number of carbonyl (C=O) groups is 2. The molecule has 34 heavy (non-hydrogen) atoms. The third kappa shape index (κ3) is 3.50. The zero-order valence-corrected chi connectivity index (χ0v) is 19.3. The second-order valence-electron chi connectivity index (χ2n) is 8.74. The minimum absolute atomic E-state index is 0.137. The Morgan fingerprint density at radius 1 is 1.09 bits per heavy atom. The minimum Gasteiger partial charge on any atom is -0.354 e. The zero-order valence-electron chi connectivity index (χ0n) is 19.3. The molecule has 0 saturated heterocycles. The van der Waals surface area contributed by atoms with Gasteiger partial charge < -0.3 is 15.2 Å². The average molecular weight is 450 g/mol. The second-order valence-corrected chi connectivity index (χ2v) is 8.74. The summed E-state index contributed by atoms with van der Waals surface area (Å²) in [6.07, 6.45) is 1.64. The van der Waals surface area contributed by atoms with Gasteiger partial charge in [0.15, 0.2) is 0 Å². The van der Waals surface area contributed by atoms with Crippen molar-refractivity contribution in [3.8, 4) is 11.3 Å². The topological polar surface area (TPSA) is 65.2 Å². The first kappa shape index (κ1) is 21.7. The number of aromatic nitrogens is 1. The van der Waals surface area contributed by atoms with Crippen LogP contribution in [0.2, 0.25) is 0 Å². The number of benzene rings is 3. The lowest BCUT2D eigenvalue weighted by Crippen LogP contribution is -2.47. The Morgan fingerprint density at radius 3 is 2.56 bits per heavy atom. The van der Waals surface area contributed by atoms with Crippen molar-refractivity contribution in [3.05, 3.63) is 108 Å². The van der Waals surface area contributed by atoms with Crippen molar-refractivity contribution >= 4 is 22.7 Å². The predicted octanol–water partition coefficient (Wildman–Crippen LogP) is 5.38.